The molecule has 2 N–H and O–H groups in total. The molecule has 16 aromatic rings. The smallest absolute Gasteiger partial charge is 0.410 e. The molecule has 8 aromatic heterocycles. The second kappa shape index (κ2) is 44.6. The minimum Gasteiger partial charge on any atom is -0.497 e. The van der Waals surface area contributed by atoms with Crippen molar-refractivity contribution in [2.45, 2.75) is 90.8 Å². The first kappa shape index (κ1) is 99.8. The largest absolute Gasteiger partial charge is 0.497 e. The van der Waals surface area contributed by atoms with Crippen molar-refractivity contribution in [3.05, 3.63) is 220 Å². The van der Waals surface area contributed by atoms with Gasteiger partial charge in [-0.25, -0.2) is 24.7 Å². The molecule has 8 aromatic carbocycles. The number of ether oxygens (including phenoxy) is 9. The number of anilines is 8. The summed E-state index contributed by atoms with van der Waals surface area (Å²) in [7, 11) is 20.7. The minimum absolute atomic E-state index is 0.124. The van der Waals surface area contributed by atoms with Crippen molar-refractivity contribution in [2.75, 3.05) is 156 Å². The molecule has 0 bridgehead atoms. The van der Waals surface area contributed by atoms with Gasteiger partial charge in [0.05, 0.1) is 186 Å². The number of carbonyl (C=O) groups is 2. The highest BCUT2D eigenvalue weighted by atomic mass is 16.6. The molecule has 20 rings (SSSR count). The molecule has 2 amide bonds. The number of benzene rings is 8. The van der Waals surface area contributed by atoms with Gasteiger partial charge in [0, 0.05) is 228 Å². The number of para-hydroxylation sites is 1. The van der Waals surface area contributed by atoms with E-state index in [1.165, 1.54) is 38.5 Å². The van der Waals surface area contributed by atoms with Crippen LogP contribution in [0.4, 0.5) is 50.3 Å². The van der Waals surface area contributed by atoms with Gasteiger partial charge in [0.1, 0.15) is 45.6 Å². The van der Waals surface area contributed by atoms with E-state index in [-0.39, 0.29) is 12.0 Å². The molecule has 3 saturated carbocycles. The van der Waals surface area contributed by atoms with E-state index in [9.17, 15) is 9.59 Å². The number of methoxy groups -OCH3 is 8. The predicted molar refractivity (Wildman–Crippen MR) is 561 cm³/mol. The fourth-order valence-electron chi connectivity index (χ4n) is 17.1. The molecule has 0 atom stereocenters. The fourth-order valence-corrected chi connectivity index (χ4v) is 17.1. The molecular formula is C109H126N24O11. The Morgan fingerprint density at radius 2 is 0.771 bits per heavy atom. The van der Waals surface area contributed by atoms with Gasteiger partial charge in [-0.1, -0.05) is 6.07 Å². The highest BCUT2D eigenvalue weighted by Crippen LogP contribution is 2.46. The topological polar surface area (TPSA) is 335 Å². The van der Waals surface area contributed by atoms with E-state index in [0.717, 1.165) is 234 Å². The molecule has 1 aliphatic heterocycles. The van der Waals surface area contributed by atoms with Crippen molar-refractivity contribution in [3.63, 3.8) is 0 Å². The number of nitrogens with one attached hydrogen (secondary N) is 2. The minimum atomic E-state index is -0.828. The number of fused-ring (bicyclic) bond motifs is 4. The van der Waals surface area contributed by atoms with Crippen LogP contribution in [0.5, 0.6) is 46.0 Å². The molecule has 0 unspecified atom stereocenters. The molecule has 35 nitrogen and oxygen atoms in total. The van der Waals surface area contributed by atoms with E-state index in [0.29, 0.717) is 36.5 Å². The maximum absolute atomic E-state index is 12.4. The molecule has 144 heavy (non-hydrogen) atoms. The average Bonchev–Trinajstić information content (AvgIpc) is 1.54. The number of nitrogens with zero attached hydrogens (tertiary/aromatic N) is 22. The Morgan fingerprint density at radius 3 is 1.15 bits per heavy atom. The van der Waals surface area contributed by atoms with Gasteiger partial charge in [-0.05, 0) is 183 Å². The maximum atomic E-state index is 12.4. The number of carbonyl (C=O) groups excluding carboxylic acids is 2. The summed E-state index contributed by atoms with van der Waals surface area (Å²) in [5, 5.41) is 23.4. The third-order valence-corrected chi connectivity index (χ3v) is 25.8. The summed E-state index contributed by atoms with van der Waals surface area (Å²) < 4.78 is 57.0. The summed E-state index contributed by atoms with van der Waals surface area (Å²) in [5.74, 6) is 7.81. The third-order valence-electron chi connectivity index (χ3n) is 25.8. The second-order valence-corrected chi connectivity index (χ2v) is 37.8. The predicted octanol–water partition coefficient (Wildman–Crippen LogP) is 18.2. The molecule has 748 valence electrons. The Labute approximate surface area is 838 Å². The maximum Gasteiger partial charge on any atom is 0.410 e. The lowest BCUT2D eigenvalue weighted by molar-refractivity contribution is -0.128. The van der Waals surface area contributed by atoms with Crippen LogP contribution in [-0.4, -0.2) is 243 Å². The van der Waals surface area contributed by atoms with E-state index in [4.69, 9.17) is 67.6 Å². The number of amides is 2. The Morgan fingerprint density at radius 1 is 0.389 bits per heavy atom. The molecule has 35 heteroatoms. The second-order valence-electron chi connectivity index (χ2n) is 37.8. The molecular weight excluding hydrogens is 1820 g/mol. The summed E-state index contributed by atoms with van der Waals surface area (Å²) in [6, 6.07) is 48.5. The Kier molecular flexibility index (Phi) is 30.9. The van der Waals surface area contributed by atoms with Crippen LogP contribution in [0.25, 0.3) is 89.2 Å². The van der Waals surface area contributed by atoms with Crippen LogP contribution in [0.2, 0.25) is 0 Å². The summed E-state index contributed by atoms with van der Waals surface area (Å²) in [6.07, 6.45) is 29.2. The Bertz CT molecular complexity index is 7110. The van der Waals surface area contributed by atoms with Gasteiger partial charge in [-0.15, -0.1) is 0 Å². The van der Waals surface area contributed by atoms with Crippen molar-refractivity contribution in [1.29, 1.82) is 0 Å². The molecule has 0 radical (unpaired) electrons. The lowest BCUT2D eigenvalue weighted by Crippen LogP contribution is -2.50. The van der Waals surface area contributed by atoms with Crippen LogP contribution in [0, 0.1) is 17.8 Å². The van der Waals surface area contributed by atoms with Crippen molar-refractivity contribution in [1.82, 2.24) is 99.4 Å². The molecule has 1 saturated heterocycles. The van der Waals surface area contributed by atoms with E-state index >= 15 is 0 Å². The summed E-state index contributed by atoms with van der Waals surface area (Å²) in [6.45, 7) is 18.2. The van der Waals surface area contributed by atoms with Crippen LogP contribution in [-0.2, 0) is 35.7 Å². The van der Waals surface area contributed by atoms with Gasteiger partial charge in [0.25, 0.3) is 0 Å². The van der Waals surface area contributed by atoms with E-state index in [2.05, 4.69) is 125 Å². The van der Waals surface area contributed by atoms with Crippen molar-refractivity contribution < 1.29 is 52.2 Å². The van der Waals surface area contributed by atoms with E-state index < -0.39 is 11.1 Å². The number of piperazine rings is 1. The van der Waals surface area contributed by atoms with Crippen molar-refractivity contribution >= 4 is 102 Å². The monoisotopic (exact) mass is 1950 g/mol. The Balaban J connectivity index is 0.000000133. The zero-order chi connectivity index (χ0) is 101. The van der Waals surface area contributed by atoms with Gasteiger partial charge >= 0.3 is 6.09 Å². The Hall–Kier alpha value is -15.8. The van der Waals surface area contributed by atoms with Crippen molar-refractivity contribution in [2.24, 2.45) is 31.8 Å². The van der Waals surface area contributed by atoms with Crippen LogP contribution >= 0.6 is 0 Å². The molecule has 0 spiro atoms. The summed E-state index contributed by atoms with van der Waals surface area (Å²) in [5.41, 5.74) is 20.2. The van der Waals surface area contributed by atoms with Crippen LogP contribution in [0.1, 0.15) is 73.1 Å². The SMILES string of the molecule is CNC(=O)C(C)(C)n1cc(-c2cnc3ccc(N(CC4CC4)c4cc(OC)cc(OC)c4)cc3n2)cn1.CNCCN(c1cc(OC)cc(OC)c1)c1ccc2ncc(-c3cnn(C)c3)nc2c1.COc1cc(OC)cc(N(CC2CC2)c2ccc3ncc(-c4cnn(CCN5CCN(C(=O)OC(C)(C)C)CC5)c4)nc3c2)c1.COc1cccc(N(CC2CC2)c2ccc3ncc(-c4cnn(C)c4)nc3c2)c1OC. The molecule has 4 aliphatic rings. The number of rotatable bonds is 34. The summed E-state index contributed by atoms with van der Waals surface area (Å²) in [4.78, 5) is 76.1. The van der Waals surface area contributed by atoms with Crippen LogP contribution in [0.15, 0.2) is 220 Å². The standard InChI is InChI=1S/C34H43N7O4.C28H32N6O3.C24H25N5O2.C23H26N6O2/c1-34(2,3)45-33(42)39-13-10-38(11-14-39)12-15-40-23-25(20-36-40)32-21-35-30-9-8-26(18-31(30)37-32)41(22-24-6-7-24)27-16-28(43-4)19-29(17-27)44-5;1-28(2,27(35)29-3)34-17-19(14-31-34)26-15-30-24-9-8-20(12-25(24)32-26)33(16-18-6-7-18)21-10-22(36-4)13-23(11-21)37-5;1-28-15-17(12-26-28)21-13-25-19-10-9-18(11-20(19)27-21)29(14-16-7-8-16)22-5-4-6-23(30-2)24(22)31-3;1-24-7-8-29(18-9-19(30-3)12-20(10-18)31-4)17-5-6-21-22(11-17)27-23(14-25-21)16-13-26-28(2)15-16/h8-9,16-21,23-24H,6-7,10-15,22H2,1-5H3;8-15,17-18H,6-7,16H2,1-5H3,(H,29,35);4-6,9-13,15-16H,7-8,14H2,1-3H3;5-6,9-15,24H,7-8H2,1-4H3. The first-order chi connectivity index (χ1) is 69.7. The molecule has 3 aliphatic carbocycles. The van der Waals surface area contributed by atoms with E-state index in [1.54, 1.807) is 120 Å². The number of aromatic nitrogens is 16. The van der Waals surface area contributed by atoms with Crippen molar-refractivity contribution in [3.8, 4) is 91.0 Å². The van der Waals surface area contributed by atoms with Gasteiger partial charge in [-0.2, -0.15) is 20.4 Å². The lowest BCUT2D eigenvalue weighted by atomic mass is 10.1. The first-order valence-electron chi connectivity index (χ1n) is 48.5. The number of likely N-dealkylation sites (N-methyl/N-ethyl adjacent to an activating group) is 2. The fraction of sp³-hybridized carbons (Fsp3) is 0.358. The first-order valence-corrected chi connectivity index (χ1v) is 48.5. The zero-order valence-corrected chi connectivity index (χ0v) is 84.9. The average molecular weight is 1950 g/mol. The van der Waals surface area contributed by atoms with Crippen LogP contribution in [0.3, 0.4) is 0 Å². The van der Waals surface area contributed by atoms with Gasteiger partial charge in [0.15, 0.2) is 11.5 Å². The molecule has 9 heterocycles. The quantitative estimate of drug-likeness (QED) is 0.0378. The normalized spacial score (nSPS) is 13.6. The van der Waals surface area contributed by atoms with Gasteiger partial charge < -0.3 is 77.8 Å². The zero-order valence-electron chi connectivity index (χ0n) is 84.9. The van der Waals surface area contributed by atoms with Crippen LogP contribution < -0.4 is 68.1 Å². The number of hydrogen-bond acceptors (Lipinski definition) is 29. The summed E-state index contributed by atoms with van der Waals surface area (Å²) >= 11 is 0. The number of hydrogen-bond donors (Lipinski definition) is 2. The lowest BCUT2D eigenvalue weighted by Gasteiger charge is -2.35. The number of aryl methyl sites for hydroxylation is 2. The van der Waals surface area contributed by atoms with Gasteiger partial charge in [0.2, 0.25) is 5.91 Å². The highest BCUT2D eigenvalue weighted by molar-refractivity contribution is 5.89. The van der Waals surface area contributed by atoms with E-state index in [1.807, 2.05) is 189 Å². The molecule has 4 fully saturated rings. The highest BCUT2D eigenvalue weighted by Gasteiger charge is 2.34. The third kappa shape index (κ3) is 24.3. The van der Waals surface area contributed by atoms with Gasteiger partial charge in [-0.3, -0.25) is 48.4 Å².